The second kappa shape index (κ2) is 6.94. The number of nitrogens with zero attached hydrogens (tertiary/aromatic N) is 2. The third kappa shape index (κ3) is 3.59. The molecule has 1 aliphatic rings. The van der Waals surface area contributed by atoms with Crippen LogP contribution in [0.25, 0.3) is 0 Å². The molecule has 10 heteroatoms. The minimum Gasteiger partial charge on any atom is -0.463 e. The summed E-state index contributed by atoms with van der Waals surface area (Å²) < 4.78 is 6.01. The molecule has 0 saturated carbocycles. The van der Waals surface area contributed by atoms with Gasteiger partial charge in [0, 0.05) is 12.1 Å². The van der Waals surface area contributed by atoms with Gasteiger partial charge in [0.05, 0.1) is 41.6 Å². The maximum Gasteiger partial charge on any atom is 0.337 e. The standard InChI is InChI=1S/C14H16N4O6/c1-3-24-13(20)12-8(2)15-14(21)16-10(12)7-17-6-9(18(22)23)4-5-11(17)19/h4-6,8H,3,7H2,1-2H3,(H2,15,16,21)/t8-/m0/s1. The second-order valence-electron chi connectivity index (χ2n) is 5.04. The van der Waals surface area contributed by atoms with Gasteiger partial charge in [-0.3, -0.25) is 14.9 Å². The molecule has 1 aliphatic heterocycles. The number of nitrogens with one attached hydrogen (secondary N) is 2. The number of ether oxygens (including phenoxy) is 1. The van der Waals surface area contributed by atoms with Crippen LogP contribution in [0.5, 0.6) is 0 Å². The van der Waals surface area contributed by atoms with Crippen molar-refractivity contribution in [3.05, 3.63) is 50.1 Å². The van der Waals surface area contributed by atoms with E-state index in [1.165, 1.54) is 0 Å². The van der Waals surface area contributed by atoms with E-state index in [-0.39, 0.29) is 30.1 Å². The van der Waals surface area contributed by atoms with Gasteiger partial charge in [0.2, 0.25) is 0 Å². The molecule has 1 aromatic heterocycles. The number of amides is 2. The minimum atomic E-state index is -0.639. The van der Waals surface area contributed by atoms with E-state index in [2.05, 4.69) is 10.6 Å². The van der Waals surface area contributed by atoms with Gasteiger partial charge in [-0.05, 0) is 13.8 Å². The van der Waals surface area contributed by atoms with Crippen molar-refractivity contribution in [3.63, 3.8) is 0 Å². The van der Waals surface area contributed by atoms with Crippen LogP contribution in [0, 0.1) is 10.1 Å². The maximum atomic E-state index is 12.1. The van der Waals surface area contributed by atoms with Gasteiger partial charge in [-0.1, -0.05) is 0 Å². The topological polar surface area (TPSA) is 133 Å². The molecule has 10 nitrogen and oxygen atoms in total. The Hall–Kier alpha value is -3.17. The largest absolute Gasteiger partial charge is 0.463 e. The van der Waals surface area contributed by atoms with Crippen molar-refractivity contribution in [2.24, 2.45) is 0 Å². The Morgan fingerprint density at radius 2 is 2.12 bits per heavy atom. The highest BCUT2D eigenvalue weighted by Gasteiger charge is 2.30. The molecule has 1 aromatic rings. The summed E-state index contributed by atoms with van der Waals surface area (Å²) in [5.74, 6) is -0.633. The lowest BCUT2D eigenvalue weighted by molar-refractivity contribution is -0.385. The summed E-state index contributed by atoms with van der Waals surface area (Å²) in [5, 5.41) is 15.8. The van der Waals surface area contributed by atoms with E-state index in [1.54, 1.807) is 13.8 Å². The predicted molar refractivity (Wildman–Crippen MR) is 82.1 cm³/mol. The summed E-state index contributed by atoms with van der Waals surface area (Å²) in [6.07, 6.45) is 1.05. The lowest BCUT2D eigenvalue weighted by Gasteiger charge is -2.26. The first-order valence-corrected chi connectivity index (χ1v) is 7.16. The van der Waals surface area contributed by atoms with Gasteiger partial charge < -0.3 is 19.9 Å². The fourth-order valence-electron chi connectivity index (χ4n) is 2.32. The Morgan fingerprint density at radius 3 is 2.75 bits per heavy atom. The summed E-state index contributed by atoms with van der Waals surface area (Å²) in [7, 11) is 0. The van der Waals surface area contributed by atoms with E-state index in [0.717, 1.165) is 22.9 Å². The van der Waals surface area contributed by atoms with E-state index in [1.807, 2.05) is 0 Å². The van der Waals surface area contributed by atoms with Crippen LogP contribution in [0.3, 0.4) is 0 Å². The van der Waals surface area contributed by atoms with Crippen molar-refractivity contribution in [1.29, 1.82) is 0 Å². The lowest BCUT2D eigenvalue weighted by Crippen LogP contribution is -2.50. The van der Waals surface area contributed by atoms with Crippen molar-refractivity contribution in [2.75, 3.05) is 6.61 Å². The summed E-state index contributed by atoms with van der Waals surface area (Å²) in [6, 6.07) is 0.976. The number of aromatic nitrogens is 1. The lowest BCUT2D eigenvalue weighted by atomic mass is 10.0. The van der Waals surface area contributed by atoms with Crippen molar-refractivity contribution in [1.82, 2.24) is 15.2 Å². The zero-order chi connectivity index (χ0) is 17.9. The van der Waals surface area contributed by atoms with Crippen molar-refractivity contribution >= 4 is 17.7 Å². The fourth-order valence-corrected chi connectivity index (χ4v) is 2.32. The Kier molecular flexibility index (Phi) is 4.97. The number of nitro groups is 1. The van der Waals surface area contributed by atoms with Crippen LogP contribution in [0.15, 0.2) is 34.4 Å². The smallest absolute Gasteiger partial charge is 0.337 e. The van der Waals surface area contributed by atoms with Crippen LogP contribution in [-0.4, -0.2) is 34.1 Å². The zero-order valence-corrected chi connectivity index (χ0v) is 13.1. The van der Waals surface area contributed by atoms with Gasteiger partial charge in [0.15, 0.2) is 0 Å². The molecule has 2 amide bonds. The van der Waals surface area contributed by atoms with Crippen molar-refractivity contribution in [2.45, 2.75) is 26.4 Å². The molecule has 0 spiro atoms. The molecule has 2 N–H and O–H groups in total. The molecule has 0 aliphatic carbocycles. The highest BCUT2D eigenvalue weighted by molar-refractivity contribution is 5.94. The molecule has 24 heavy (non-hydrogen) atoms. The van der Waals surface area contributed by atoms with E-state index < -0.39 is 28.5 Å². The molecule has 2 rings (SSSR count). The summed E-state index contributed by atoms with van der Waals surface area (Å²) in [4.78, 5) is 45.9. The second-order valence-corrected chi connectivity index (χ2v) is 5.04. The number of hydrogen-bond donors (Lipinski definition) is 2. The first kappa shape index (κ1) is 17.2. The van der Waals surface area contributed by atoms with Crippen LogP contribution in [-0.2, 0) is 16.1 Å². The predicted octanol–water partition coefficient (Wildman–Crippen LogP) is 0.275. The van der Waals surface area contributed by atoms with Crippen molar-refractivity contribution in [3.8, 4) is 0 Å². The van der Waals surface area contributed by atoms with Gasteiger partial charge in [0.25, 0.3) is 11.2 Å². The third-order valence-corrected chi connectivity index (χ3v) is 3.37. The molecular formula is C14H16N4O6. The van der Waals surface area contributed by atoms with Gasteiger partial charge in [-0.2, -0.15) is 0 Å². The normalized spacial score (nSPS) is 17.1. The summed E-state index contributed by atoms with van der Waals surface area (Å²) in [6.45, 7) is 3.18. The van der Waals surface area contributed by atoms with Crippen LogP contribution in [0.4, 0.5) is 10.5 Å². The number of pyridine rings is 1. The van der Waals surface area contributed by atoms with Crippen molar-refractivity contribution < 1.29 is 19.2 Å². The fraction of sp³-hybridized carbons (Fsp3) is 0.357. The quantitative estimate of drug-likeness (QED) is 0.451. The molecule has 128 valence electrons. The molecule has 1 atom stereocenters. The molecule has 0 fully saturated rings. The first-order chi connectivity index (χ1) is 11.3. The number of esters is 1. The number of urea groups is 1. The number of allylic oxidation sites excluding steroid dienone is 1. The minimum absolute atomic E-state index is 0.146. The summed E-state index contributed by atoms with van der Waals surface area (Å²) in [5.41, 5.74) is -0.458. The third-order valence-electron chi connectivity index (χ3n) is 3.37. The van der Waals surface area contributed by atoms with Gasteiger partial charge in [-0.15, -0.1) is 0 Å². The maximum absolute atomic E-state index is 12.1. The van der Waals surface area contributed by atoms with Gasteiger partial charge in [0.1, 0.15) is 0 Å². The molecule has 0 saturated heterocycles. The Morgan fingerprint density at radius 1 is 1.42 bits per heavy atom. The first-order valence-electron chi connectivity index (χ1n) is 7.16. The average Bonchev–Trinajstić information content (AvgIpc) is 2.48. The molecule has 0 bridgehead atoms. The molecular weight excluding hydrogens is 320 g/mol. The SMILES string of the molecule is CCOC(=O)C1=C(Cn2cc([N+](=O)[O-])ccc2=O)NC(=O)N[C@H]1C. The van der Waals surface area contributed by atoms with E-state index >= 15 is 0 Å². The summed E-state index contributed by atoms with van der Waals surface area (Å²) >= 11 is 0. The van der Waals surface area contributed by atoms with Crippen LogP contribution in [0.2, 0.25) is 0 Å². The van der Waals surface area contributed by atoms with E-state index in [9.17, 15) is 24.5 Å². The Bertz CT molecular complexity index is 782. The number of rotatable bonds is 5. The molecule has 0 radical (unpaired) electrons. The van der Waals surface area contributed by atoms with Gasteiger partial charge in [-0.25, -0.2) is 9.59 Å². The molecule has 0 unspecified atom stereocenters. The van der Waals surface area contributed by atoms with E-state index in [4.69, 9.17) is 4.74 Å². The number of carbonyl (C=O) groups excluding carboxylic acids is 2. The molecule has 2 heterocycles. The van der Waals surface area contributed by atoms with Crippen LogP contribution < -0.4 is 16.2 Å². The average molecular weight is 336 g/mol. The van der Waals surface area contributed by atoms with Crippen LogP contribution >= 0.6 is 0 Å². The zero-order valence-electron chi connectivity index (χ0n) is 13.1. The highest BCUT2D eigenvalue weighted by atomic mass is 16.6. The van der Waals surface area contributed by atoms with Crippen LogP contribution in [0.1, 0.15) is 13.8 Å². The number of hydrogen-bond acceptors (Lipinski definition) is 6. The Labute approximate surface area is 136 Å². The Balaban J connectivity index is 2.46. The van der Waals surface area contributed by atoms with Gasteiger partial charge >= 0.3 is 12.0 Å². The van der Waals surface area contributed by atoms with E-state index in [0.29, 0.717) is 0 Å². The molecule has 0 aromatic carbocycles. The number of carbonyl (C=O) groups is 2. The monoisotopic (exact) mass is 336 g/mol. The highest BCUT2D eigenvalue weighted by Crippen LogP contribution is 2.16.